The number of ether oxygens (including phenoxy) is 1. The van der Waals surface area contributed by atoms with Crippen LogP contribution < -0.4 is 9.64 Å². The molecule has 33 heavy (non-hydrogen) atoms. The maximum Gasteiger partial charge on any atom is 0.242 e. The van der Waals surface area contributed by atoms with E-state index in [1.165, 1.54) is 0 Å². The van der Waals surface area contributed by atoms with Crippen molar-refractivity contribution in [1.29, 1.82) is 0 Å². The number of anilines is 1. The zero-order chi connectivity index (χ0) is 22.8. The van der Waals surface area contributed by atoms with E-state index in [4.69, 9.17) is 4.74 Å². The molecule has 0 bridgehead atoms. The van der Waals surface area contributed by atoms with Crippen molar-refractivity contribution in [3.63, 3.8) is 0 Å². The summed E-state index contributed by atoms with van der Waals surface area (Å²) in [5.74, 6) is 2.04. The fourth-order valence-electron chi connectivity index (χ4n) is 4.50. The molecule has 0 atom stereocenters. The minimum atomic E-state index is 0.0650. The van der Waals surface area contributed by atoms with Gasteiger partial charge in [0.1, 0.15) is 12.3 Å². The molecule has 8 nitrogen and oxygen atoms in total. The predicted octanol–water partition coefficient (Wildman–Crippen LogP) is 2.59. The van der Waals surface area contributed by atoms with Crippen LogP contribution >= 0.6 is 0 Å². The van der Waals surface area contributed by atoms with Crippen LogP contribution in [0.25, 0.3) is 11.3 Å². The highest BCUT2D eigenvalue weighted by atomic mass is 16.5. The van der Waals surface area contributed by atoms with Crippen LogP contribution in [-0.4, -0.2) is 77.7 Å². The Morgan fingerprint density at radius 1 is 0.970 bits per heavy atom. The number of methoxy groups -OCH3 is 1. The number of hydrogen-bond donors (Lipinski definition) is 0. The van der Waals surface area contributed by atoms with E-state index in [9.17, 15) is 9.59 Å². The highest BCUT2D eigenvalue weighted by Crippen LogP contribution is 2.34. The van der Waals surface area contributed by atoms with Crippen LogP contribution in [0.1, 0.15) is 32.1 Å². The maximum absolute atomic E-state index is 12.9. The molecule has 0 radical (unpaired) electrons. The Hall–Kier alpha value is -3.16. The number of benzene rings is 1. The van der Waals surface area contributed by atoms with Crippen molar-refractivity contribution in [2.45, 2.75) is 38.1 Å². The summed E-state index contributed by atoms with van der Waals surface area (Å²) in [5, 5.41) is 8.81. The van der Waals surface area contributed by atoms with Crippen LogP contribution in [0.3, 0.4) is 0 Å². The molecule has 3 fully saturated rings. The summed E-state index contributed by atoms with van der Waals surface area (Å²) in [6.45, 7) is 2.93. The lowest BCUT2D eigenvalue weighted by molar-refractivity contribution is -0.145. The number of nitrogens with zero attached hydrogens (tertiary/aromatic N) is 5. The number of piperazine rings is 1. The molecule has 2 heterocycles. The minimum Gasteiger partial charge on any atom is -0.497 e. The molecule has 1 saturated heterocycles. The van der Waals surface area contributed by atoms with Crippen LogP contribution in [-0.2, 0) is 9.59 Å². The van der Waals surface area contributed by atoms with Crippen molar-refractivity contribution in [2.75, 3.05) is 44.7 Å². The van der Waals surface area contributed by atoms with E-state index in [-0.39, 0.29) is 30.3 Å². The predicted molar refractivity (Wildman–Crippen MR) is 125 cm³/mol. The molecular weight excluding hydrogens is 418 g/mol. The summed E-state index contributed by atoms with van der Waals surface area (Å²) in [4.78, 5) is 31.6. The second kappa shape index (κ2) is 9.37. The third kappa shape index (κ3) is 4.79. The van der Waals surface area contributed by atoms with Gasteiger partial charge in [-0.3, -0.25) is 9.59 Å². The molecule has 0 spiro atoms. The van der Waals surface area contributed by atoms with Gasteiger partial charge in [0.2, 0.25) is 11.8 Å². The Kier molecular flexibility index (Phi) is 6.15. The van der Waals surface area contributed by atoms with E-state index in [2.05, 4.69) is 15.1 Å². The first-order valence-electron chi connectivity index (χ1n) is 11.9. The monoisotopic (exact) mass is 449 g/mol. The number of aromatic nitrogens is 2. The molecule has 2 amide bonds. The van der Waals surface area contributed by atoms with Gasteiger partial charge in [0.15, 0.2) is 5.82 Å². The SMILES string of the molecule is COc1ccc(-c2ccc(N3CCN(C(=O)CN(C(=O)C4CCC4)C4CC4)CC3)nn2)cc1. The average Bonchev–Trinajstić information content (AvgIpc) is 3.67. The summed E-state index contributed by atoms with van der Waals surface area (Å²) in [6.07, 6.45) is 5.16. The molecule has 174 valence electrons. The second-order valence-corrected chi connectivity index (χ2v) is 9.20. The van der Waals surface area contributed by atoms with E-state index in [1.54, 1.807) is 7.11 Å². The average molecular weight is 450 g/mol. The minimum absolute atomic E-state index is 0.0650. The van der Waals surface area contributed by atoms with Crippen LogP contribution in [0.4, 0.5) is 5.82 Å². The van der Waals surface area contributed by atoms with Crippen LogP contribution in [0.15, 0.2) is 36.4 Å². The van der Waals surface area contributed by atoms with E-state index in [0.29, 0.717) is 26.2 Å². The number of carbonyl (C=O) groups is 2. The van der Waals surface area contributed by atoms with Gasteiger partial charge in [0.05, 0.1) is 12.8 Å². The third-order valence-corrected chi connectivity index (χ3v) is 7.02. The molecule has 8 heteroatoms. The van der Waals surface area contributed by atoms with E-state index in [1.807, 2.05) is 46.2 Å². The molecular formula is C25H31N5O3. The molecule has 2 saturated carbocycles. The highest BCUT2D eigenvalue weighted by Gasteiger charge is 2.39. The Morgan fingerprint density at radius 2 is 1.70 bits per heavy atom. The summed E-state index contributed by atoms with van der Waals surface area (Å²) in [5.41, 5.74) is 1.80. The van der Waals surface area contributed by atoms with Gasteiger partial charge in [-0.05, 0) is 62.1 Å². The second-order valence-electron chi connectivity index (χ2n) is 9.20. The normalized spacial score (nSPS) is 18.6. The molecule has 2 aliphatic carbocycles. The van der Waals surface area contributed by atoms with Gasteiger partial charge in [0.25, 0.3) is 0 Å². The Morgan fingerprint density at radius 3 is 2.24 bits per heavy atom. The topological polar surface area (TPSA) is 78.9 Å². The molecule has 2 aromatic rings. The molecule has 5 rings (SSSR count). The van der Waals surface area contributed by atoms with Crippen molar-refractivity contribution in [1.82, 2.24) is 20.0 Å². The molecule has 1 aliphatic heterocycles. The summed E-state index contributed by atoms with van der Waals surface area (Å²) < 4.78 is 5.20. The summed E-state index contributed by atoms with van der Waals surface area (Å²) in [7, 11) is 1.65. The molecule has 0 unspecified atom stereocenters. The first-order valence-corrected chi connectivity index (χ1v) is 11.9. The maximum atomic E-state index is 12.9. The Labute approximate surface area is 194 Å². The molecule has 3 aliphatic rings. The smallest absolute Gasteiger partial charge is 0.242 e. The molecule has 1 aromatic carbocycles. The van der Waals surface area contributed by atoms with E-state index in [0.717, 1.165) is 54.9 Å². The highest BCUT2D eigenvalue weighted by molar-refractivity contribution is 5.87. The van der Waals surface area contributed by atoms with Gasteiger partial charge < -0.3 is 19.4 Å². The van der Waals surface area contributed by atoms with Crippen molar-refractivity contribution in [3.8, 4) is 17.0 Å². The number of hydrogen-bond acceptors (Lipinski definition) is 6. The zero-order valence-corrected chi connectivity index (χ0v) is 19.2. The summed E-state index contributed by atoms with van der Waals surface area (Å²) in [6, 6.07) is 12.0. The zero-order valence-electron chi connectivity index (χ0n) is 19.2. The van der Waals surface area contributed by atoms with Gasteiger partial charge >= 0.3 is 0 Å². The van der Waals surface area contributed by atoms with Gasteiger partial charge in [-0.25, -0.2) is 0 Å². The van der Waals surface area contributed by atoms with Crippen LogP contribution in [0.5, 0.6) is 5.75 Å². The lowest BCUT2D eigenvalue weighted by atomic mass is 9.84. The van der Waals surface area contributed by atoms with Crippen molar-refractivity contribution >= 4 is 17.6 Å². The van der Waals surface area contributed by atoms with E-state index >= 15 is 0 Å². The summed E-state index contributed by atoms with van der Waals surface area (Å²) >= 11 is 0. The van der Waals surface area contributed by atoms with Gasteiger partial charge in [-0.15, -0.1) is 10.2 Å². The lowest BCUT2D eigenvalue weighted by Crippen LogP contribution is -2.53. The van der Waals surface area contributed by atoms with Crippen molar-refractivity contribution in [2.24, 2.45) is 5.92 Å². The Bertz CT molecular complexity index is 978. The number of carbonyl (C=O) groups excluding carboxylic acids is 2. The quantitative estimate of drug-likeness (QED) is 0.647. The van der Waals surface area contributed by atoms with Crippen LogP contribution in [0.2, 0.25) is 0 Å². The third-order valence-electron chi connectivity index (χ3n) is 7.02. The van der Waals surface area contributed by atoms with Crippen LogP contribution in [0, 0.1) is 5.92 Å². The van der Waals surface area contributed by atoms with Gasteiger partial charge in [-0.2, -0.15) is 0 Å². The van der Waals surface area contributed by atoms with Crippen molar-refractivity contribution < 1.29 is 14.3 Å². The van der Waals surface area contributed by atoms with Gasteiger partial charge in [-0.1, -0.05) is 6.42 Å². The number of amides is 2. The first kappa shape index (κ1) is 21.7. The van der Waals surface area contributed by atoms with Gasteiger partial charge in [0, 0.05) is 43.7 Å². The van der Waals surface area contributed by atoms with Crippen molar-refractivity contribution in [3.05, 3.63) is 36.4 Å². The molecule has 0 N–H and O–H groups in total. The Balaban J connectivity index is 1.15. The fourth-order valence-corrected chi connectivity index (χ4v) is 4.50. The largest absolute Gasteiger partial charge is 0.497 e. The lowest BCUT2D eigenvalue weighted by Gasteiger charge is -2.37. The molecule has 1 aromatic heterocycles. The standard InChI is InChI=1S/C25H31N5O3/c1-33-21-9-5-18(6-10-21)22-11-12-23(27-26-22)28-13-15-29(16-14-28)24(31)17-30(20-7-8-20)25(32)19-3-2-4-19/h5-6,9-12,19-20H,2-4,7-8,13-17H2,1H3. The fraction of sp³-hybridized carbons (Fsp3) is 0.520. The first-order chi connectivity index (χ1) is 16.1. The number of rotatable bonds is 7. The van der Waals surface area contributed by atoms with E-state index < -0.39 is 0 Å².